The highest BCUT2D eigenvalue weighted by Gasteiger charge is 2.10. The van der Waals surface area contributed by atoms with E-state index >= 15 is 0 Å². The van der Waals surface area contributed by atoms with E-state index in [1.54, 1.807) is 0 Å². The largest absolute Gasteiger partial charge is 0.378 e. The summed E-state index contributed by atoms with van der Waals surface area (Å²) in [7, 11) is 0. The average Bonchev–Trinajstić information content (AvgIpc) is 2.89. The number of nitro benzene ring substituents is 1. The van der Waals surface area contributed by atoms with Gasteiger partial charge in [0.05, 0.1) is 27.9 Å². The number of pyridine rings is 1. The molecule has 3 aromatic rings. The van der Waals surface area contributed by atoms with Gasteiger partial charge >= 0.3 is 0 Å². The van der Waals surface area contributed by atoms with Crippen LogP contribution in [0, 0.1) is 10.1 Å². The number of benzene rings is 1. The Morgan fingerprint density at radius 3 is 2.95 bits per heavy atom. The standard InChI is InChI=1S/C14H11ClN4O2/c15-12-5-4-11(19(20)21)7-13(12)16-8-10-9-18-6-2-1-3-14(18)17-10/h1-7,9,16H,8H2. The molecule has 3 rings (SSSR count). The van der Waals surface area contributed by atoms with Crippen LogP contribution in [0.15, 0.2) is 48.8 Å². The number of imidazole rings is 1. The fourth-order valence-corrected chi connectivity index (χ4v) is 2.20. The SMILES string of the molecule is O=[N+]([O-])c1ccc(Cl)c(NCc2cn3ccccc3n2)c1. The van der Waals surface area contributed by atoms with Crippen molar-refractivity contribution in [1.82, 2.24) is 9.38 Å². The number of nitrogens with one attached hydrogen (secondary N) is 1. The molecule has 21 heavy (non-hydrogen) atoms. The van der Waals surface area contributed by atoms with Crippen LogP contribution in [0.3, 0.4) is 0 Å². The molecule has 0 unspecified atom stereocenters. The molecule has 7 heteroatoms. The molecule has 0 aliphatic carbocycles. The van der Waals surface area contributed by atoms with Crippen LogP contribution in [0.5, 0.6) is 0 Å². The second-order valence-corrected chi connectivity index (χ2v) is 4.88. The molecule has 0 aliphatic heterocycles. The highest BCUT2D eigenvalue weighted by atomic mass is 35.5. The first kappa shape index (κ1) is 13.4. The van der Waals surface area contributed by atoms with Crippen molar-refractivity contribution in [3.05, 3.63) is 69.6 Å². The van der Waals surface area contributed by atoms with Gasteiger partial charge in [0.15, 0.2) is 0 Å². The predicted octanol–water partition coefficient (Wildman–Crippen LogP) is 3.51. The molecule has 0 spiro atoms. The summed E-state index contributed by atoms with van der Waals surface area (Å²) in [5.74, 6) is 0. The van der Waals surface area contributed by atoms with Crippen LogP contribution in [0.25, 0.3) is 5.65 Å². The number of hydrogen-bond donors (Lipinski definition) is 1. The first-order valence-electron chi connectivity index (χ1n) is 6.24. The number of fused-ring (bicyclic) bond motifs is 1. The third kappa shape index (κ3) is 2.80. The lowest BCUT2D eigenvalue weighted by atomic mass is 10.2. The Kier molecular flexibility index (Phi) is 3.45. The van der Waals surface area contributed by atoms with E-state index in [2.05, 4.69) is 10.3 Å². The van der Waals surface area contributed by atoms with E-state index in [1.807, 2.05) is 35.0 Å². The minimum Gasteiger partial charge on any atom is -0.378 e. The number of aromatic nitrogens is 2. The Morgan fingerprint density at radius 1 is 1.33 bits per heavy atom. The maximum absolute atomic E-state index is 10.8. The van der Waals surface area contributed by atoms with Gasteiger partial charge in [-0.2, -0.15) is 0 Å². The number of nitrogens with zero attached hydrogens (tertiary/aromatic N) is 3. The van der Waals surface area contributed by atoms with Gasteiger partial charge in [0.1, 0.15) is 5.65 Å². The van der Waals surface area contributed by atoms with Crippen molar-refractivity contribution in [1.29, 1.82) is 0 Å². The zero-order valence-electron chi connectivity index (χ0n) is 10.9. The van der Waals surface area contributed by atoms with Gasteiger partial charge in [-0.3, -0.25) is 10.1 Å². The Balaban J connectivity index is 1.80. The van der Waals surface area contributed by atoms with Crippen molar-refractivity contribution < 1.29 is 4.92 Å². The van der Waals surface area contributed by atoms with E-state index in [0.717, 1.165) is 11.3 Å². The van der Waals surface area contributed by atoms with Gasteiger partial charge in [-0.25, -0.2) is 4.98 Å². The second kappa shape index (κ2) is 5.41. The Bertz CT molecular complexity index is 783. The molecule has 1 N–H and O–H groups in total. The van der Waals surface area contributed by atoms with E-state index < -0.39 is 4.92 Å². The first-order valence-corrected chi connectivity index (χ1v) is 6.62. The Hall–Kier alpha value is -2.60. The molecule has 0 fully saturated rings. The van der Waals surface area contributed by atoms with Crippen LogP contribution in [-0.4, -0.2) is 14.3 Å². The summed E-state index contributed by atoms with van der Waals surface area (Å²) in [6, 6.07) is 10.0. The van der Waals surface area contributed by atoms with Crippen molar-refractivity contribution in [3.63, 3.8) is 0 Å². The maximum Gasteiger partial charge on any atom is 0.271 e. The molecule has 6 nitrogen and oxygen atoms in total. The molecule has 0 radical (unpaired) electrons. The third-order valence-corrected chi connectivity index (χ3v) is 3.36. The molecule has 106 valence electrons. The second-order valence-electron chi connectivity index (χ2n) is 4.47. The minimum atomic E-state index is -0.452. The highest BCUT2D eigenvalue weighted by Crippen LogP contribution is 2.27. The van der Waals surface area contributed by atoms with Gasteiger partial charge in [0.25, 0.3) is 5.69 Å². The molecular formula is C14H11ClN4O2. The topological polar surface area (TPSA) is 72.5 Å². The normalized spacial score (nSPS) is 10.7. The van der Waals surface area contributed by atoms with Crippen LogP contribution in [0.2, 0.25) is 5.02 Å². The van der Waals surface area contributed by atoms with Crippen molar-refractivity contribution in [2.75, 3.05) is 5.32 Å². The van der Waals surface area contributed by atoms with E-state index in [-0.39, 0.29) is 5.69 Å². The quantitative estimate of drug-likeness (QED) is 0.591. The average molecular weight is 303 g/mol. The van der Waals surface area contributed by atoms with Gasteiger partial charge in [0, 0.05) is 24.5 Å². The minimum absolute atomic E-state index is 0.00287. The van der Waals surface area contributed by atoms with Gasteiger partial charge in [-0.1, -0.05) is 17.7 Å². The van der Waals surface area contributed by atoms with Gasteiger partial charge in [-0.15, -0.1) is 0 Å². The van der Waals surface area contributed by atoms with E-state index in [4.69, 9.17) is 11.6 Å². The molecule has 0 saturated heterocycles. The van der Waals surface area contributed by atoms with Crippen molar-refractivity contribution in [3.8, 4) is 0 Å². The van der Waals surface area contributed by atoms with Gasteiger partial charge in [0.2, 0.25) is 0 Å². The monoisotopic (exact) mass is 302 g/mol. The summed E-state index contributed by atoms with van der Waals surface area (Å²) in [5, 5.41) is 14.3. The molecule has 0 amide bonds. The van der Waals surface area contributed by atoms with Gasteiger partial charge in [-0.05, 0) is 18.2 Å². The molecule has 0 atom stereocenters. The summed E-state index contributed by atoms with van der Waals surface area (Å²) < 4.78 is 1.91. The predicted molar refractivity (Wildman–Crippen MR) is 80.6 cm³/mol. The van der Waals surface area contributed by atoms with Crippen molar-refractivity contribution in [2.45, 2.75) is 6.54 Å². The fourth-order valence-electron chi connectivity index (χ4n) is 2.02. The van der Waals surface area contributed by atoms with E-state index in [1.165, 1.54) is 18.2 Å². The molecule has 2 aromatic heterocycles. The summed E-state index contributed by atoms with van der Waals surface area (Å²) in [5.41, 5.74) is 2.18. The van der Waals surface area contributed by atoms with Gasteiger partial charge < -0.3 is 9.72 Å². The Labute approximate surface area is 125 Å². The molecule has 0 bridgehead atoms. The number of halogens is 1. The lowest BCUT2D eigenvalue weighted by molar-refractivity contribution is -0.384. The summed E-state index contributed by atoms with van der Waals surface area (Å²) >= 11 is 6.04. The summed E-state index contributed by atoms with van der Waals surface area (Å²) in [6.07, 6.45) is 3.81. The van der Waals surface area contributed by atoms with Crippen molar-refractivity contribution >= 4 is 28.6 Å². The third-order valence-electron chi connectivity index (χ3n) is 3.03. The van der Waals surface area contributed by atoms with Crippen LogP contribution >= 0.6 is 11.6 Å². The number of nitro groups is 1. The zero-order valence-corrected chi connectivity index (χ0v) is 11.6. The smallest absolute Gasteiger partial charge is 0.271 e. The van der Waals surface area contributed by atoms with Crippen LogP contribution in [-0.2, 0) is 6.54 Å². The number of rotatable bonds is 4. The Morgan fingerprint density at radius 2 is 2.19 bits per heavy atom. The summed E-state index contributed by atoms with van der Waals surface area (Å²) in [6.45, 7) is 0.433. The number of hydrogen-bond acceptors (Lipinski definition) is 4. The maximum atomic E-state index is 10.8. The molecular weight excluding hydrogens is 292 g/mol. The molecule has 0 saturated carbocycles. The lowest BCUT2D eigenvalue weighted by Crippen LogP contribution is -2.01. The van der Waals surface area contributed by atoms with E-state index in [9.17, 15) is 10.1 Å². The molecule has 0 aliphatic rings. The lowest BCUT2D eigenvalue weighted by Gasteiger charge is -2.06. The number of non-ortho nitro benzene ring substituents is 1. The zero-order chi connectivity index (χ0) is 14.8. The molecule has 1 aromatic carbocycles. The van der Waals surface area contributed by atoms with Crippen LogP contribution in [0.1, 0.15) is 5.69 Å². The fraction of sp³-hybridized carbons (Fsp3) is 0.0714. The summed E-state index contributed by atoms with van der Waals surface area (Å²) in [4.78, 5) is 14.8. The van der Waals surface area contributed by atoms with E-state index in [0.29, 0.717) is 17.3 Å². The van der Waals surface area contributed by atoms with Crippen molar-refractivity contribution in [2.24, 2.45) is 0 Å². The van der Waals surface area contributed by atoms with Crippen LogP contribution in [0.4, 0.5) is 11.4 Å². The van der Waals surface area contributed by atoms with Crippen LogP contribution < -0.4 is 5.32 Å². The molecule has 2 heterocycles. The highest BCUT2D eigenvalue weighted by molar-refractivity contribution is 6.33. The first-order chi connectivity index (χ1) is 10.1. The number of anilines is 1.